The standard InChI is InChI=1S/C22H23ClF3N5O3S2/c1-21(6-9-34-10-7-21)19-31-17(18(35-19)14-5-8-29-20(27)30-14)13-4-2-3-12(16(13)23)15(36(28,32)33)11-22(24,25)26/h2-5,8,15H,6-7,9-11H2,1H3,(H2,27,29,30)(H2,28,32,33). The van der Waals surface area contributed by atoms with Crippen LogP contribution in [-0.2, 0) is 20.2 Å². The van der Waals surface area contributed by atoms with E-state index in [0.717, 1.165) is 17.8 Å². The number of hydrogen-bond donors (Lipinski definition) is 2. The Balaban J connectivity index is 1.92. The van der Waals surface area contributed by atoms with E-state index < -0.39 is 27.9 Å². The molecule has 1 unspecified atom stereocenters. The van der Waals surface area contributed by atoms with E-state index in [-0.39, 0.29) is 27.5 Å². The van der Waals surface area contributed by atoms with Crippen molar-refractivity contribution in [2.75, 3.05) is 18.9 Å². The van der Waals surface area contributed by atoms with Crippen LogP contribution >= 0.6 is 22.9 Å². The average Bonchev–Trinajstić information content (AvgIpc) is 3.23. The summed E-state index contributed by atoms with van der Waals surface area (Å²) in [6.07, 6.45) is -3.54. The number of ether oxygens (including phenoxy) is 1. The van der Waals surface area contributed by atoms with Crippen LogP contribution in [0.1, 0.15) is 42.0 Å². The number of halogens is 4. The number of benzene rings is 1. The quantitative estimate of drug-likeness (QED) is 0.439. The molecule has 3 aromatic rings. The third kappa shape index (κ3) is 5.65. The zero-order chi connectivity index (χ0) is 26.3. The lowest BCUT2D eigenvalue weighted by Crippen LogP contribution is -2.30. The minimum absolute atomic E-state index is 0.0324. The van der Waals surface area contributed by atoms with Crippen molar-refractivity contribution in [3.8, 4) is 21.8 Å². The molecule has 0 saturated carbocycles. The Morgan fingerprint density at radius 1 is 1.22 bits per heavy atom. The molecule has 36 heavy (non-hydrogen) atoms. The van der Waals surface area contributed by atoms with E-state index in [9.17, 15) is 21.6 Å². The maximum absolute atomic E-state index is 13.2. The summed E-state index contributed by atoms with van der Waals surface area (Å²) in [5.41, 5.74) is 6.30. The van der Waals surface area contributed by atoms with Gasteiger partial charge < -0.3 is 10.5 Å². The number of hydrogen-bond acceptors (Lipinski definition) is 8. The fraction of sp³-hybridized carbons (Fsp3) is 0.409. The minimum atomic E-state index is -4.79. The third-order valence-electron chi connectivity index (χ3n) is 6.09. The molecule has 1 aromatic carbocycles. The molecule has 0 aliphatic carbocycles. The molecule has 2 aromatic heterocycles. The number of nitrogens with zero attached hydrogens (tertiary/aromatic N) is 3. The molecular weight excluding hydrogens is 539 g/mol. The Labute approximate surface area is 214 Å². The van der Waals surface area contributed by atoms with Gasteiger partial charge in [0.1, 0.15) is 5.25 Å². The highest BCUT2D eigenvalue weighted by atomic mass is 35.5. The SMILES string of the molecule is CC1(c2nc(-c3cccc(C(CC(F)(F)F)S(N)(=O)=O)c3Cl)c(-c3ccnc(N)n3)s2)CCOCC1. The molecule has 0 spiro atoms. The molecule has 0 radical (unpaired) electrons. The van der Waals surface area contributed by atoms with Crippen molar-refractivity contribution in [2.24, 2.45) is 5.14 Å². The molecule has 4 rings (SSSR count). The number of aromatic nitrogens is 3. The van der Waals surface area contributed by atoms with Crippen LogP contribution < -0.4 is 10.9 Å². The molecule has 4 N–H and O–H groups in total. The summed E-state index contributed by atoms with van der Waals surface area (Å²) in [5, 5.41) is 3.70. The number of anilines is 1. The van der Waals surface area contributed by atoms with Crippen molar-refractivity contribution in [3.63, 3.8) is 0 Å². The average molecular weight is 562 g/mol. The number of primary sulfonamides is 1. The summed E-state index contributed by atoms with van der Waals surface area (Å²) in [6, 6.07) is 5.86. The highest BCUT2D eigenvalue weighted by molar-refractivity contribution is 7.89. The number of nitrogens with two attached hydrogens (primary N) is 2. The van der Waals surface area contributed by atoms with Gasteiger partial charge in [-0.25, -0.2) is 28.5 Å². The Morgan fingerprint density at radius 3 is 2.53 bits per heavy atom. The van der Waals surface area contributed by atoms with Crippen LogP contribution in [0.2, 0.25) is 5.02 Å². The molecule has 1 aliphatic heterocycles. The van der Waals surface area contributed by atoms with Crippen molar-refractivity contribution in [1.82, 2.24) is 15.0 Å². The third-order valence-corrected chi connectivity index (χ3v) is 9.11. The number of alkyl halides is 3. The van der Waals surface area contributed by atoms with Crippen LogP contribution in [0, 0.1) is 0 Å². The maximum Gasteiger partial charge on any atom is 0.390 e. The maximum atomic E-state index is 13.2. The lowest BCUT2D eigenvalue weighted by atomic mass is 9.83. The highest BCUT2D eigenvalue weighted by Crippen LogP contribution is 2.47. The first-order valence-corrected chi connectivity index (χ1v) is 13.6. The minimum Gasteiger partial charge on any atom is -0.381 e. The molecule has 0 bridgehead atoms. The molecule has 0 amide bonds. The molecule has 1 fully saturated rings. The van der Waals surface area contributed by atoms with E-state index in [2.05, 4.69) is 16.9 Å². The van der Waals surface area contributed by atoms with Gasteiger partial charge in [0, 0.05) is 30.4 Å². The van der Waals surface area contributed by atoms with E-state index in [1.165, 1.54) is 29.7 Å². The Bertz CT molecular complexity index is 1380. The van der Waals surface area contributed by atoms with Crippen LogP contribution in [0.15, 0.2) is 30.5 Å². The van der Waals surface area contributed by atoms with E-state index in [1.807, 2.05) is 0 Å². The van der Waals surface area contributed by atoms with Gasteiger partial charge >= 0.3 is 6.18 Å². The van der Waals surface area contributed by atoms with Crippen molar-refractivity contribution in [2.45, 2.75) is 43.0 Å². The number of thiazole rings is 1. The monoisotopic (exact) mass is 561 g/mol. The summed E-state index contributed by atoms with van der Waals surface area (Å²) < 4.78 is 69.5. The van der Waals surface area contributed by atoms with Gasteiger partial charge in [0.2, 0.25) is 16.0 Å². The molecule has 1 aliphatic rings. The van der Waals surface area contributed by atoms with Crippen LogP contribution in [0.25, 0.3) is 21.8 Å². The zero-order valence-corrected chi connectivity index (χ0v) is 21.4. The fourth-order valence-electron chi connectivity index (χ4n) is 4.07. The highest BCUT2D eigenvalue weighted by Gasteiger charge is 2.40. The van der Waals surface area contributed by atoms with Gasteiger partial charge in [-0.05, 0) is 24.5 Å². The summed E-state index contributed by atoms with van der Waals surface area (Å²) in [5.74, 6) is 0.0324. The number of rotatable bonds is 6. The Kier molecular flexibility index (Phi) is 7.32. The van der Waals surface area contributed by atoms with E-state index in [1.54, 1.807) is 12.1 Å². The fourth-order valence-corrected chi connectivity index (χ4v) is 6.70. The molecule has 8 nitrogen and oxygen atoms in total. The van der Waals surface area contributed by atoms with Crippen LogP contribution in [-0.4, -0.2) is 42.8 Å². The lowest BCUT2D eigenvalue weighted by molar-refractivity contribution is -0.134. The Hall–Kier alpha value is -2.32. The van der Waals surface area contributed by atoms with Gasteiger partial charge in [-0.1, -0.05) is 36.7 Å². The first-order chi connectivity index (χ1) is 16.8. The second-order valence-electron chi connectivity index (χ2n) is 8.78. The molecule has 1 saturated heterocycles. The van der Waals surface area contributed by atoms with Crippen LogP contribution in [0.4, 0.5) is 19.1 Å². The first-order valence-electron chi connectivity index (χ1n) is 10.8. The first kappa shape index (κ1) is 26.7. The van der Waals surface area contributed by atoms with E-state index in [0.29, 0.717) is 29.5 Å². The second kappa shape index (κ2) is 9.86. The van der Waals surface area contributed by atoms with Gasteiger partial charge in [0.05, 0.1) is 32.7 Å². The van der Waals surface area contributed by atoms with Crippen molar-refractivity contribution in [1.29, 1.82) is 0 Å². The van der Waals surface area contributed by atoms with E-state index in [4.69, 9.17) is 32.2 Å². The smallest absolute Gasteiger partial charge is 0.381 e. The topological polar surface area (TPSA) is 134 Å². The van der Waals surface area contributed by atoms with Crippen LogP contribution in [0.5, 0.6) is 0 Å². The number of sulfonamides is 1. The van der Waals surface area contributed by atoms with Gasteiger partial charge in [0.25, 0.3) is 0 Å². The predicted molar refractivity (Wildman–Crippen MR) is 132 cm³/mol. The van der Waals surface area contributed by atoms with Crippen LogP contribution in [0.3, 0.4) is 0 Å². The molecule has 3 heterocycles. The largest absolute Gasteiger partial charge is 0.390 e. The van der Waals surface area contributed by atoms with E-state index >= 15 is 0 Å². The normalized spacial score (nSPS) is 17.2. The number of nitrogen functional groups attached to an aromatic ring is 1. The molecular formula is C22H23ClF3N5O3S2. The molecule has 194 valence electrons. The zero-order valence-electron chi connectivity index (χ0n) is 19.0. The summed E-state index contributed by atoms with van der Waals surface area (Å²) in [4.78, 5) is 13.6. The second-order valence-corrected chi connectivity index (χ2v) is 11.9. The van der Waals surface area contributed by atoms with Crippen molar-refractivity contribution >= 4 is 38.9 Å². The Morgan fingerprint density at radius 2 is 1.92 bits per heavy atom. The summed E-state index contributed by atoms with van der Waals surface area (Å²) >= 11 is 7.96. The van der Waals surface area contributed by atoms with Gasteiger partial charge in [-0.3, -0.25) is 0 Å². The summed E-state index contributed by atoms with van der Waals surface area (Å²) in [7, 11) is -4.64. The summed E-state index contributed by atoms with van der Waals surface area (Å²) in [6.45, 7) is 3.19. The van der Waals surface area contributed by atoms with Crippen molar-refractivity contribution < 1.29 is 26.3 Å². The lowest BCUT2D eigenvalue weighted by Gasteiger charge is -2.31. The molecule has 14 heteroatoms. The van der Waals surface area contributed by atoms with Gasteiger partial charge in [-0.2, -0.15) is 13.2 Å². The van der Waals surface area contributed by atoms with Crippen molar-refractivity contribution in [3.05, 3.63) is 46.1 Å². The van der Waals surface area contributed by atoms with Gasteiger partial charge in [0.15, 0.2) is 0 Å². The molecule has 1 atom stereocenters. The predicted octanol–water partition coefficient (Wildman–Crippen LogP) is 4.85. The van der Waals surface area contributed by atoms with Gasteiger partial charge in [-0.15, -0.1) is 11.3 Å².